The summed E-state index contributed by atoms with van der Waals surface area (Å²) >= 11 is 0.526. The second-order valence-corrected chi connectivity index (χ2v) is 5.36. The highest BCUT2D eigenvalue weighted by Gasteiger charge is 2.33. The van der Waals surface area contributed by atoms with Crippen molar-refractivity contribution < 1.29 is 26.7 Å². The van der Waals surface area contributed by atoms with Gasteiger partial charge in [-0.15, -0.1) is 0 Å². The van der Waals surface area contributed by atoms with Gasteiger partial charge in [-0.05, 0) is 12.1 Å². The van der Waals surface area contributed by atoms with Crippen LogP contribution in [-0.2, 0) is 11.0 Å². The molecule has 0 aliphatic carbocycles. The van der Waals surface area contributed by atoms with Gasteiger partial charge in [0.15, 0.2) is 10.9 Å². The molecule has 2 N–H and O–H groups in total. The largest absolute Gasteiger partial charge is 0.433 e. The zero-order valence-corrected chi connectivity index (χ0v) is 12.4. The van der Waals surface area contributed by atoms with Crippen LogP contribution in [0.1, 0.15) is 5.69 Å². The third-order valence-corrected chi connectivity index (χ3v) is 3.43. The number of carbonyl (C=O) groups excluding carboxylic acids is 1. The summed E-state index contributed by atoms with van der Waals surface area (Å²) < 4.78 is 63.7. The number of hydrogen-bond donors (Lipinski definition) is 2. The number of nitrogens with one attached hydrogen (secondary N) is 2. The SMILES string of the molecule is O=C(CSc1nc(C(F)(F)F)cc(=O)[nH]1)Nc1ccc(F)cc1F. The Bertz CT molecular complexity index is 822. The molecule has 0 radical (unpaired) electrons. The third kappa shape index (κ3) is 4.78. The second-order valence-electron chi connectivity index (χ2n) is 4.39. The van der Waals surface area contributed by atoms with Gasteiger partial charge < -0.3 is 10.3 Å². The molecule has 2 aromatic rings. The first-order valence-electron chi connectivity index (χ1n) is 6.21. The summed E-state index contributed by atoms with van der Waals surface area (Å²) in [6.07, 6.45) is -4.80. The molecular weight excluding hydrogens is 357 g/mol. The average molecular weight is 365 g/mol. The van der Waals surface area contributed by atoms with E-state index in [0.717, 1.165) is 12.1 Å². The smallest absolute Gasteiger partial charge is 0.323 e. The number of alkyl halides is 3. The van der Waals surface area contributed by atoms with Gasteiger partial charge in [0.25, 0.3) is 5.56 Å². The molecule has 1 aromatic carbocycles. The van der Waals surface area contributed by atoms with Crippen LogP contribution in [-0.4, -0.2) is 21.6 Å². The highest BCUT2D eigenvalue weighted by Crippen LogP contribution is 2.27. The van der Waals surface area contributed by atoms with Crippen molar-refractivity contribution in [1.29, 1.82) is 0 Å². The quantitative estimate of drug-likeness (QED) is 0.496. The predicted molar refractivity (Wildman–Crippen MR) is 75.6 cm³/mol. The fourth-order valence-electron chi connectivity index (χ4n) is 1.56. The average Bonchev–Trinajstić information content (AvgIpc) is 2.47. The molecule has 11 heteroatoms. The minimum absolute atomic E-state index is 0.285. The fourth-order valence-corrected chi connectivity index (χ4v) is 2.24. The normalized spacial score (nSPS) is 11.4. The molecular formula is C13H8F5N3O2S. The van der Waals surface area contributed by atoms with Crippen LogP contribution in [0.4, 0.5) is 27.6 Å². The number of amides is 1. The van der Waals surface area contributed by atoms with E-state index in [9.17, 15) is 31.5 Å². The summed E-state index contributed by atoms with van der Waals surface area (Å²) in [5.74, 6) is -3.05. The maximum atomic E-state index is 13.4. The molecule has 0 atom stereocenters. The van der Waals surface area contributed by atoms with E-state index in [2.05, 4.69) is 15.3 Å². The zero-order chi connectivity index (χ0) is 17.9. The van der Waals surface area contributed by atoms with Crippen LogP contribution >= 0.6 is 11.8 Å². The third-order valence-electron chi connectivity index (χ3n) is 2.56. The van der Waals surface area contributed by atoms with Gasteiger partial charge in [-0.2, -0.15) is 13.2 Å². The summed E-state index contributed by atoms with van der Waals surface area (Å²) in [6, 6.07) is 2.78. The van der Waals surface area contributed by atoms with Crippen molar-refractivity contribution in [3.8, 4) is 0 Å². The molecule has 0 aliphatic heterocycles. The highest BCUT2D eigenvalue weighted by molar-refractivity contribution is 7.99. The highest BCUT2D eigenvalue weighted by atomic mass is 32.2. The van der Waals surface area contributed by atoms with Crippen LogP contribution < -0.4 is 10.9 Å². The zero-order valence-electron chi connectivity index (χ0n) is 11.6. The first-order valence-corrected chi connectivity index (χ1v) is 7.20. The maximum Gasteiger partial charge on any atom is 0.433 e. The Morgan fingerprint density at radius 2 is 1.96 bits per heavy atom. The molecule has 1 heterocycles. The van der Waals surface area contributed by atoms with Crippen LogP contribution in [0, 0.1) is 11.6 Å². The van der Waals surface area contributed by atoms with Crippen molar-refractivity contribution in [1.82, 2.24) is 9.97 Å². The Morgan fingerprint density at radius 1 is 1.25 bits per heavy atom. The number of anilines is 1. The van der Waals surface area contributed by atoms with E-state index in [1.807, 2.05) is 0 Å². The lowest BCUT2D eigenvalue weighted by atomic mass is 10.3. The Kier molecular flexibility index (Phi) is 5.22. The van der Waals surface area contributed by atoms with Crippen molar-refractivity contribution in [3.63, 3.8) is 0 Å². The minimum atomic E-state index is -4.80. The molecule has 128 valence electrons. The topological polar surface area (TPSA) is 74.8 Å². The van der Waals surface area contributed by atoms with Gasteiger partial charge in [-0.1, -0.05) is 11.8 Å². The number of carbonyl (C=O) groups is 1. The van der Waals surface area contributed by atoms with Crippen molar-refractivity contribution in [2.45, 2.75) is 11.3 Å². The van der Waals surface area contributed by atoms with Gasteiger partial charge in [0.05, 0.1) is 11.4 Å². The molecule has 0 fully saturated rings. The van der Waals surface area contributed by atoms with E-state index in [0.29, 0.717) is 17.8 Å². The number of aromatic amines is 1. The van der Waals surface area contributed by atoms with Gasteiger partial charge in [-0.25, -0.2) is 13.8 Å². The molecule has 0 saturated heterocycles. The lowest BCUT2D eigenvalue weighted by molar-refractivity contribution is -0.141. The Balaban J connectivity index is 2.04. The molecule has 0 bridgehead atoms. The maximum absolute atomic E-state index is 13.4. The van der Waals surface area contributed by atoms with E-state index in [1.54, 1.807) is 0 Å². The van der Waals surface area contributed by atoms with Gasteiger partial charge >= 0.3 is 6.18 Å². The van der Waals surface area contributed by atoms with Gasteiger partial charge in [-0.3, -0.25) is 9.59 Å². The number of nitrogens with zero attached hydrogens (tertiary/aromatic N) is 1. The van der Waals surface area contributed by atoms with Crippen LogP contribution in [0.25, 0.3) is 0 Å². The van der Waals surface area contributed by atoms with Gasteiger partial charge in [0.1, 0.15) is 11.6 Å². The van der Waals surface area contributed by atoms with E-state index in [-0.39, 0.29) is 11.8 Å². The molecule has 1 amide bonds. The molecule has 0 saturated carbocycles. The van der Waals surface area contributed by atoms with Crippen LogP contribution in [0.5, 0.6) is 0 Å². The number of benzene rings is 1. The van der Waals surface area contributed by atoms with E-state index in [4.69, 9.17) is 0 Å². The summed E-state index contributed by atoms with van der Waals surface area (Å²) in [6.45, 7) is 0. The molecule has 0 unspecified atom stereocenters. The Hall–Kier alpha value is -2.43. The number of rotatable bonds is 4. The summed E-state index contributed by atoms with van der Waals surface area (Å²) in [5, 5.41) is 1.71. The lowest BCUT2D eigenvalue weighted by Crippen LogP contribution is -2.18. The van der Waals surface area contributed by atoms with Crippen LogP contribution in [0.15, 0.2) is 34.2 Å². The molecule has 2 rings (SSSR count). The summed E-state index contributed by atoms with van der Waals surface area (Å²) in [7, 11) is 0. The van der Waals surface area contributed by atoms with Gasteiger partial charge in [0, 0.05) is 12.1 Å². The van der Waals surface area contributed by atoms with Gasteiger partial charge in [0.2, 0.25) is 5.91 Å². The number of H-pyrrole nitrogens is 1. The fraction of sp³-hybridized carbons (Fsp3) is 0.154. The summed E-state index contributed by atoms with van der Waals surface area (Å²) in [4.78, 5) is 28.1. The van der Waals surface area contributed by atoms with Crippen LogP contribution in [0.2, 0.25) is 0 Å². The monoisotopic (exact) mass is 365 g/mol. The summed E-state index contributed by atoms with van der Waals surface area (Å²) in [5.41, 5.74) is -2.70. The van der Waals surface area contributed by atoms with Crippen molar-refractivity contribution in [2.75, 3.05) is 11.1 Å². The second kappa shape index (κ2) is 6.99. The van der Waals surface area contributed by atoms with Crippen molar-refractivity contribution in [2.24, 2.45) is 0 Å². The van der Waals surface area contributed by atoms with E-state index >= 15 is 0 Å². The van der Waals surface area contributed by atoms with E-state index in [1.165, 1.54) is 0 Å². The molecule has 24 heavy (non-hydrogen) atoms. The van der Waals surface area contributed by atoms with Crippen molar-refractivity contribution >= 4 is 23.4 Å². The first kappa shape index (κ1) is 17.9. The lowest BCUT2D eigenvalue weighted by Gasteiger charge is -2.08. The van der Waals surface area contributed by atoms with Crippen LogP contribution in [0.3, 0.4) is 0 Å². The Morgan fingerprint density at radius 3 is 2.58 bits per heavy atom. The molecule has 0 spiro atoms. The van der Waals surface area contributed by atoms with Crippen molar-refractivity contribution in [3.05, 3.63) is 51.9 Å². The minimum Gasteiger partial charge on any atom is -0.323 e. The molecule has 0 aliphatic rings. The molecule has 5 nitrogen and oxygen atoms in total. The number of hydrogen-bond acceptors (Lipinski definition) is 4. The number of halogens is 5. The number of thioether (sulfide) groups is 1. The molecule has 1 aromatic heterocycles. The first-order chi connectivity index (χ1) is 11.1. The predicted octanol–water partition coefficient (Wildman–Crippen LogP) is 2.80. The van der Waals surface area contributed by atoms with E-state index < -0.39 is 45.9 Å². The number of aromatic nitrogens is 2. The Labute approximate surface area is 135 Å². The standard InChI is InChI=1S/C13H8F5N3O2S/c14-6-1-2-8(7(15)3-6)19-11(23)5-24-12-20-9(13(16,17)18)4-10(22)21-12/h1-4H,5H2,(H,19,23)(H,20,21,22).